The Morgan fingerprint density at radius 1 is 1.70 bits per heavy atom. The number of hydrogen-bond acceptors (Lipinski definition) is 4. The monoisotopic (exact) mass is 137 g/mol. The van der Waals surface area contributed by atoms with Crippen LogP contribution in [0.5, 0.6) is 0 Å². The van der Waals surface area contributed by atoms with Crippen LogP contribution >= 0.6 is 0 Å². The molecule has 2 aliphatic rings. The molecule has 0 saturated carbocycles. The lowest BCUT2D eigenvalue weighted by atomic mass is 10.3. The fourth-order valence-electron chi connectivity index (χ4n) is 0.927. The van der Waals surface area contributed by atoms with Gasteiger partial charge in [-0.05, 0) is 18.4 Å². The van der Waals surface area contributed by atoms with Crippen molar-refractivity contribution in [1.82, 2.24) is 5.32 Å². The quantitative estimate of drug-likeness (QED) is 0.480. The van der Waals surface area contributed by atoms with Crippen molar-refractivity contribution >= 4 is 6.02 Å². The molecule has 4 heteroatoms. The van der Waals surface area contributed by atoms with Gasteiger partial charge in [-0.1, -0.05) is 0 Å². The number of hydrogen-bond donors (Lipinski definition) is 2. The number of nitrogens with two attached hydrogens (primary N) is 1. The van der Waals surface area contributed by atoms with Crippen LogP contribution in [0.2, 0.25) is 0 Å². The first-order valence-electron chi connectivity index (χ1n) is 3.00. The minimum Gasteiger partial charge on any atom is -0.435 e. The van der Waals surface area contributed by atoms with Gasteiger partial charge in [0.1, 0.15) is 5.70 Å². The largest absolute Gasteiger partial charge is 0.435 e. The smallest absolute Gasteiger partial charge is 0.289 e. The maximum absolute atomic E-state index is 5.31. The van der Waals surface area contributed by atoms with E-state index in [1.807, 2.05) is 12.2 Å². The molecular formula is C6H7N3O. The summed E-state index contributed by atoms with van der Waals surface area (Å²) in [6.45, 7) is 0. The third-order valence-corrected chi connectivity index (χ3v) is 1.36. The van der Waals surface area contributed by atoms with Crippen LogP contribution in [-0.4, -0.2) is 12.2 Å². The molecule has 0 aliphatic carbocycles. The zero-order valence-electron chi connectivity index (χ0n) is 5.24. The molecule has 52 valence electrons. The van der Waals surface area contributed by atoms with Crippen LogP contribution in [0, 0.1) is 0 Å². The molecule has 0 spiro atoms. The number of amidine groups is 1. The van der Waals surface area contributed by atoms with E-state index in [1.165, 1.54) is 0 Å². The second kappa shape index (κ2) is 1.76. The number of nitrogens with zero attached hydrogens (tertiary/aromatic N) is 1. The summed E-state index contributed by atoms with van der Waals surface area (Å²) in [4.78, 5) is 3.93. The summed E-state index contributed by atoms with van der Waals surface area (Å²) in [5.41, 5.74) is 6.15. The highest BCUT2D eigenvalue weighted by Crippen LogP contribution is 2.15. The number of ether oxygens (including phenoxy) is 1. The van der Waals surface area contributed by atoms with Gasteiger partial charge in [-0.2, -0.15) is 4.99 Å². The van der Waals surface area contributed by atoms with Crippen LogP contribution in [0.1, 0.15) is 0 Å². The molecule has 0 radical (unpaired) electrons. The van der Waals surface area contributed by atoms with Crippen LogP contribution in [0.3, 0.4) is 0 Å². The van der Waals surface area contributed by atoms with Gasteiger partial charge in [0.2, 0.25) is 6.23 Å². The van der Waals surface area contributed by atoms with Crippen molar-refractivity contribution in [2.45, 2.75) is 6.23 Å². The molecule has 0 amide bonds. The molecule has 3 N–H and O–H groups in total. The Morgan fingerprint density at radius 3 is 3.40 bits per heavy atom. The van der Waals surface area contributed by atoms with Crippen LogP contribution in [-0.2, 0) is 4.74 Å². The molecule has 0 bridgehead atoms. The molecule has 0 saturated heterocycles. The second-order valence-corrected chi connectivity index (χ2v) is 2.07. The van der Waals surface area contributed by atoms with Gasteiger partial charge >= 0.3 is 0 Å². The van der Waals surface area contributed by atoms with Crippen molar-refractivity contribution in [3.8, 4) is 0 Å². The second-order valence-electron chi connectivity index (χ2n) is 2.07. The van der Waals surface area contributed by atoms with E-state index in [9.17, 15) is 0 Å². The minimum absolute atomic E-state index is 0.162. The van der Waals surface area contributed by atoms with Crippen molar-refractivity contribution in [1.29, 1.82) is 0 Å². The Labute approximate surface area is 58.1 Å². The summed E-state index contributed by atoms with van der Waals surface area (Å²) in [5.74, 6) is 0. The summed E-state index contributed by atoms with van der Waals surface area (Å²) in [5, 5.41) is 2.95. The highest BCUT2D eigenvalue weighted by atomic mass is 16.5. The zero-order chi connectivity index (χ0) is 6.97. The first-order valence-corrected chi connectivity index (χ1v) is 3.00. The molecule has 0 fully saturated rings. The molecule has 10 heavy (non-hydrogen) atoms. The number of rotatable bonds is 0. The molecule has 1 unspecified atom stereocenters. The molecule has 4 nitrogen and oxygen atoms in total. The van der Waals surface area contributed by atoms with Crippen molar-refractivity contribution < 1.29 is 4.74 Å². The summed E-state index contributed by atoms with van der Waals surface area (Å²) >= 11 is 0. The Hall–Kier alpha value is -1.45. The lowest BCUT2D eigenvalue weighted by molar-refractivity contribution is 0.218. The van der Waals surface area contributed by atoms with E-state index >= 15 is 0 Å². The van der Waals surface area contributed by atoms with E-state index < -0.39 is 0 Å². The van der Waals surface area contributed by atoms with E-state index in [1.54, 1.807) is 6.20 Å². The molecule has 1 atom stereocenters. The third kappa shape index (κ3) is 0.655. The van der Waals surface area contributed by atoms with Gasteiger partial charge < -0.3 is 15.8 Å². The molecule has 2 rings (SSSR count). The Morgan fingerprint density at radius 2 is 2.60 bits per heavy atom. The van der Waals surface area contributed by atoms with Crippen molar-refractivity contribution in [2.24, 2.45) is 10.7 Å². The fraction of sp³-hybridized carbons (Fsp3) is 0.167. The van der Waals surface area contributed by atoms with Gasteiger partial charge in [-0.15, -0.1) is 0 Å². The highest BCUT2D eigenvalue weighted by molar-refractivity contribution is 5.75. The van der Waals surface area contributed by atoms with Gasteiger partial charge in [-0.3, -0.25) is 0 Å². The predicted molar refractivity (Wildman–Crippen MR) is 36.9 cm³/mol. The van der Waals surface area contributed by atoms with Gasteiger partial charge in [0.25, 0.3) is 6.02 Å². The average molecular weight is 137 g/mol. The number of dihydropyridines is 1. The third-order valence-electron chi connectivity index (χ3n) is 1.36. The molecule has 2 heterocycles. The van der Waals surface area contributed by atoms with E-state index in [2.05, 4.69) is 10.3 Å². The van der Waals surface area contributed by atoms with Crippen LogP contribution in [0.4, 0.5) is 0 Å². The van der Waals surface area contributed by atoms with Gasteiger partial charge in [0.05, 0.1) is 0 Å². The molecule has 2 aliphatic heterocycles. The zero-order valence-corrected chi connectivity index (χ0v) is 5.24. The molecule has 0 aromatic rings. The molecule has 0 aromatic heterocycles. The first-order chi connectivity index (χ1) is 4.86. The lowest BCUT2D eigenvalue weighted by Gasteiger charge is -2.12. The Balaban J connectivity index is 2.31. The maximum Gasteiger partial charge on any atom is 0.289 e. The SMILES string of the molecule is NC1=NC2=CC=CNC2O1. The van der Waals surface area contributed by atoms with Gasteiger partial charge in [0.15, 0.2) is 0 Å². The van der Waals surface area contributed by atoms with Crippen LogP contribution in [0.15, 0.2) is 29.0 Å². The van der Waals surface area contributed by atoms with E-state index in [0.29, 0.717) is 0 Å². The van der Waals surface area contributed by atoms with E-state index in [4.69, 9.17) is 10.5 Å². The van der Waals surface area contributed by atoms with Gasteiger partial charge in [-0.25, -0.2) is 0 Å². The van der Waals surface area contributed by atoms with E-state index in [-0.39, 0.29) is 12.2 Å². The molecular weight excluding hydrogens is 130 g/mol. The van der Waals surface area contributed by atoms with Crippen LogP contribution in [0.25, 0.3) is 0 Å². The highest BCUT2D eigenvalue weighted by Gasteiger charge is 2.22. The average Bonchev–Trinajstić information content (AvgIpc) is 2.27. The summed E-state index contributed by atoms with van der Waals surface area (Å²) in [7, 11) is 0. The van der Waals surface area contributed by atoms with Gasteiger partial charge in [0, 0.05) is 0 Å². The number of aliphatic imine (C=N–C) groups is 1. The van der Waals surface area contributed by atoms with E-state index in [0.717, 1.165) is 5.70 Å². The molecule has 0 aromatic carbocycles. The van der Waals surface area contributed by atoms with Crippen molar-refractivity contribution in [3.05, 3.63) is 24.0 Å². The number of allylic oxidation sites excluding steroid dienone is 2. The fourth-order valence-corrected chi connectivity index (χ4v) is 0.927. The topological polar surface area (TPSA) is 59.6 Å². The standard InChI is InChI=1S/C6H7N3O/c7-6-9-4-2-1-3-8-5(4)10-6/h1-3,5,8H,(H2,7,9). The van der Waals surface area contributed by atoms with Crippen LogP contribution < -0.4 is 11.1 Å². The first kappa shape index (κ1) is 5.34. The normalized spacial score (nSPS) is 27.8. The number of fused-ring (bicyclic) bond motifs is 1. The number of nitrogens with one attached hydrogen (secondary N) is 1. The summed E-state index contributed by atoms with van der Waals surface area (Å²) < 4.78 is 5.06. The summed E-state index contributed by atoms with van der Waals surface area (Å²) in [6.07, 6.45) is 5.35. The predicted octanol–water partition coefficient (Wildman–Crippen LogP) is -0.342. The Kier molecular flexibility index (Phi) is 0.943. The maximum atomic E-state index is 5.31. The minimum atomic E-state index is -0.162. The van der Waals surface area contributed by atoms with Crippen molar-refractivity contribution in [3.63, 3.8) is 0 Å². The lowest BCUT2D eigenvalue weighted by Crippen LogP contribution is -2.29. The van der Waals surface area contributed by atoms with Crippen molar-refractivity contribution in [2.75, 3.05) is 0 Å². The summed E-state index contributed by atoms with van der Waals surface area (Å²) in [6, 6.07) is 0.229. The Bertz CT molecular complexity index is 241.